The molecule has 35 heavy (non-hydrogen) atoms. The minimum absolute atomic E-state index is 0.172. The van der Waals surface area contributed by atoms with Gasteiger partial charge in [-0.05, 0) is 59.9 Å². The van der Waals surface area contributed by atoms with Gasteiger partial charge in [-0.15, -0.1) is 0 Å². The molecule has 1 saturated heterocycles. The van der Waals surface area contributed by atoms with Crippen molar-refractivity contribution < 1.29 is 14.7 Å². The number of halogens is 2. The molecule has 4 unspecified atom stereocenters. The quantitative estimate of drug-likeness (QED) is 0.368. The van der Waals surface area contributed by atoms with E-state index >= 15 is 0 Å². The molecule has 1 N–H and O–H groups in total. The lowest BCUT2D eigenvalue weighted by Gasteiger charge is -2.52. The molecule has 1 fully saturated rings. The van der Waals surface area contributed by atoms with Crippen molar-refractivity contribution in [3.63, 3.8) is 0 Å². The third-order valence-corrected chi connectivity index (χ3v) is 7.41. The highest BCUT2D eigenvalue weighted by molar-refractivity contribution is 6.30. The third kappa shape index (κ3) is 5.21. The van der Waals surface area contributed by atoms with Gasteiger partial charge in [0.15, 0.2) is 0 Å². The number of hydrogen-bond acceptors (Lipinski definition) is 3. The number of pyridine rings is 1. The Hall–Kier alpha value is -2.89. The van der Waals surface area contributed by atoms with Gasteiger partial charge >= 0.3 is 5.97 Å². The largest absolute Gasteiger partial charge is 0.481 e. The zero-order chi connectivity index (χ0) is 25.2. The van der Waals surface area contributed by atoms with Crippen LogP contribution in [0.2, 0.25) is 10.0 Å². The van der Waals surface area contributed by atoms with Crippen LogP contribution in [0.1, 0.15) is 67.8 Å². The van der Waals surface area contributed by atoms with Gasteiger partial charge in [-0.3, -0.25) is 14.6 Å². The summed E-state index contributed by atoms with van der Waals surface area (Å²) in [5, 5.41) is 11.0. The van der Waals surface area contributed by atoms with Gasteiger partial charge in [0.05, 0.1) is 23.9 Å². The van der Waals surface area contributed by atoms with Gasteiger partial charge in [0.25, 0.3) is 0 Å². The van der Waals surface area contributed by atoms with Crippen molar-refractivity contribution in [2.45, 2.75) is 51.1 Å². The first-order valence-corrected chi connectivity index (χ1v) is 12.4. The molecule has 0 saturated carbocycles. The highest BCUT2D eigenvalue weighted by Crippen LogP contribution is 2.54. The Morgan fingerprint density at radius 2 is 1.86 bits per heavy atom. The molecule has 0 radical (unpaired) electrons. The summed E-state index contributed by atoms with van der Waals surface area (Å²) in [5.41, 5.74) is 1.73. The fourth-order valence-corrected chi connectivity index (χ4v) is 5.71. The summed E-state index contributed by atoms with van der Waals surface area (Å²) >= 11 is 12.6. The molecule has 7 heteroatoms. The van der Waals surface area contributed by atoms with Gasteiger partial charge in [0, 0.05) is 28.4 Å². The number of amides is 1. The fourth-order valence-electron chi connectivity index (χ4n) is 5.39. The van der Waals surface area contributed by atoms with Gasteiger partial charge in [-0.25, -0.2) is 0 Å². The van der Waals surface area contributed by atoms with Crippen LogP contribution in [0, 0.1) is 5.41 Å². The lowest BCUT2D eigenvalue weighted by atomic mass is 9.66. The number of nitrogens with zero attached hydrogens (tertiary/aromatic N) is 2. The molecule has 3 aromatic rings. The number of carboxylic acid groups (broad SMARTS) is 1. The summed E-state index contributed by atoms with van der Waals surface area (Å²) in [6.07, 6.45) is 4.25. The number of carbonyl (C=O) groups is 2. The van der Waals surface area contributed by atoms with E-state index in [2.05, 4.69) is 4.98 Å². The summed E-state index contributed by atoms with van der Waals surface area (Å²) < 4.78 is 0. The van der Waals surface area contributed by atoms with Crippen molar-refractivity contribution in [3.8, 4) is 0 Å². The number of hydrogen-bond donors (Lipinski definition) is 1. The van der Waals surface area contributed by atoms with Crippen molar-refractivity contribution in [1.29, 1.82) is 0 Å². The van der Waals surface area contributed by atoms with Crippen molar-refractivity contribution >= 4 is 35.1 Å². The summed E-state index contributed by atoms with van der Waals surface area (Å²) in [4.78, 5) is 32.3. The number of benzene rings is 2. The first kappa shape index (κ1) is 25.2. The van der Waals surface area contributed by atoms with Crippen molar-refractivity contribution in [3.05, 3.63) is 99.8 Å². The van der Waals surface area contributed by atoms with Gasteiger partial charge < -0.3 is 10.0 Å². The Bertz CT molecular complexity index is 1200. The van der Waals surface area contributed by atoms with Crippen molar-refractivity contribution in [2.75, 3.05) is 0 Å². The van der Waals surface area contributed by atoms with Crippen molar-refractivity contribution in [2.24, 2.45) is 5.41 Å². The van der Waals surface area contributed by atoms with E-state index in [-0.39, 0.29) is 30.3 Å². The molecule has 0 bridgehead atoms. The van der Waals surface area contributed by atoms with Gasteiger partial charge in [0.2, 0.25) is 5.91 Å². The normalized spacial score (nSPS) is 23.2. The summed E-state index contributed by atoms with van der Waals surface area (Å²) in [5.74, 6) is -1.35. The van der Waals surface area contributed by atoms with Gasteiger partial charge in [0.1, 0.15) is 0 Å². The number of rotatable bonds is 7. The number of likely N-dealkylation sites (tertiary alicyclic amines) is 1. The molecule has 0 aliphatic carbocycles. The number of carboxylic acids is 1. The Morgan fingerprint density at radius 1 is 1.11 bits per heavy atom. The Kier molecular flexibility index (Phi) is 7.48. The topological polar surface area (TPSA) is 70.5 Å². The van der Waals surface area contributed by atoms with Gasteiger partial charge in [-0.2, -0.15) is 0 Å². The highest BCUT2D eigenvalue weighted by Gasteiger charge is 2.52. The minimum atomic E-state index is -1.09. The molecule has 2 heterocycles. The summed E-state index contributed by atoms with van der Waals surface area (Å²) in [7, 11) is 0. The number of carbonyl (C=O) groups excluding carboxylic acids is 1. The fraction of sp³-hybridized carbons (Fsp3) is 0.321. The molecule has 4 rings (SSSR count). The standard InChI is InChI=1S/C28H28Cl2N2O3/c1-3-24(20-7-5-13-31-17-20)32-26(18-9-11-21(29)12-10-18)23(19-6-4-8-22(30)14-19)15-28(2,27(32)35)16-25(33)34/h4-14,17,23-24,26H,3,15-16H2,1-2H3,(H,33,34). The summed E-state index contributed by atoms with van der Waals surface area (Å²) in [6.45, 7) is 3.80. The predicted molar refractivity (Wildman–Crippen MR) is 137 cm³/mol. The first-order valence-electron chi connectivity index (χ1n) is 11.7. The van der Waals surface area contributed by atoms with Crippen LogP contribution >= 0.6 is 23.2 Å². The molecule has 1 aliphatic heterocycles. The van der Waals surface area contributed by atoms with Crippen LogP contribution < -0.4 is 0 Å². The molecule has 182 valence electrons. The molecule has 4 atom stereocenters. The zero-order valence-corrected chi connectivity index (χ0v) is 21.2. The second kappa shape index (κ2) is 10.4. The van der Waals surface area contributed by atoms with E-state index < -0.39 is 11.4 Å². The first-order chi connectivity index (χ1) is 16.7. The van der Waals surface area contributed by atoms with Gasteiger partial charge in [-0.1, -0.05) is 67.4 Å². The molecule has 5 nitrogen and oxygen atoms in total. The number of aliphatic carboxylic acids is 1. The van der Waals surface area contributed by atoms with E-state index in [1.165, 1.54) is 0 Å². The average molecular weight is 511 g/mol. The maximum absolute atomic E-state index is 14.2. The van der Waals surface area contributed by atoms with E-state index in [4.69, 9.17) is 23.2 Å². The van der Waals surface area contributed by atoms with Crippen LogP contribution in [-0.4, -0.2) is 26.9 Å². The van der Waals surface area contributed by atoms with Crippen LogP contribution in [0.15, 0.2) is 73.1 Å². The van der Waals surface area contributed by atoms with Crippen LogP contribution in [0.5, 0.6) is 0 Å². The molecule has 1 aromatic heterocycles. The average Bonchev–Trinajstić information content (AvgIpc) is 2.83. The zero-order valence-electron chi connectivity index (χ0n) is 19.7. The Morgan fingerprint density at radius 3 is 2.46 bits per heavy atom. The molecule has 2 aromatic carbocycles. The predicted octanol–water partition coefficient (Wildman–Crippen LogP) is 7.08. The van der Waals surface area contributed by atoms with E-state index in [9.17, 15) is 14.7 Å². The molecular weight excluding hydrogens is 483 g/mol. The van der Waals surface area contributed by atoms with Crippen molar-refractivity contribution in [1.82, 2.24) is 9.88 Å². The van der Waals surface area contributed by atoms with Crippen LogP contribution in [0.3, 0.4) is 0 Å². The number of piperidine rings is 1. The van der Waals surface area contributed by atoms with E-state index in [1.807, 2.05) is 72.5 Å². The van der Waals surface area contributed by atoms with E-state index in [0.29, 0.717) is 22.9 Å². The lowest BCUT2D eigenvalue weighted by Crippen LogP contribution is -2.53. The molecule has 1 aliphatic rings. The monoisotopic (exact) mass is 510 g/mol. The Balaban J connectivity index is 1.95. The molecule has 0 spiro atoms. The van der Waals surface area contributed by atoms with E-state index in [0.717, 1.165) is 16.7 Å². The number of aromatic nitrogens is 1. The van der Waals surface area contributed by atoms with E-state index in [1.54, 1.807) is 19.3 Å². The minimum Gasteiger partial charge on any atom is -0.481 e. The maximum Gasteiger partial charge on any atom is 0.304 e. The van der Waals surface area contributed by atoms with Crippen LogP contribution in [0.25, 0.3) is 0 Å². The SMILES string of the molecule is CCC(c1cccnc1)N1C(=O)C(C)(CC(=O)O)CC(c2cccc(Cl)c2)C1c1ccc(Cl)cc1. The van der Waals surface area contributed by atoms with Crippen LogP contribution in [-0.2, 0) is 9.59 Å². The second-order valence-corrected chi connectivity index (χ2v) is 10.3. The smallest absolute Gasteiger partial charge is 0.304 e. The lowest BCUT2D eigenvalue weighted by molar-refractivity contribution is -0.160. The second-order valence-electron chi connectivity index (χ2n) is 9.42. The molecule has 1 amide bonds. The van der Waals surface area contributed by atoms with Crippen LogP contribution in [0.4, 0.5) is 0 Å². The summed E-state index contributed by atoms with van der Waals surface area (Å²) in [6, 6.07) is 18.3. The highest BCUT2D eigenvalue weighted by atomic mass is 35.5. The maximum atomic E-state index is 14.2. The Labute approximate surface area is 215 Å². The molecular formula is C28H28Cl2N2O3. The third-order valence-electron chi connectivity index (χ3n) is 6.92.